The second-order valence-corrected chi connectivity index (χ2v) is 4.35. The SMILES string of the molecule is NC(=O)CCC=C(c1ccccc1)c1ccccc1. The molecule has 1 amide bonds. The lowest BCUT2D eigenvalue weighted by atomic mass is 9.96. The molecule has 2 aromatic carbocycles. The van der Waals surface area contributed by atoms with Crippen LogP contribution in [0.2, 0.25) is 0 Å². The molecule has 0 aromatic heterocycles. The monoisotopic (exact) mass is 251 g/mol. The normalized spacial score (nSPS) is 9.89. The minimum Gasteiger partial charge on any atom is -0.370 e. The van der Waals surface area contributed by atoms with Crippen LogP contribution in [-0.2, 0) is 4.79 Å². The first-order valence-electron chi connectivity index (χ1n) is 6.36. The van der Waals surface area contributed by atoms with Crippen LogP contribution in [0.3, 0.4) is 0 Å². The van der Waals surface area contributed by atoms with Gasteiger partial charge in [0.2, 0.25) is 5.91 Å². The first-order chi connectivity index (χ1) is 9.27. The third-order valence-corrected chi connectivity index (χ3v) is 2.91. The van der Waals surface area contributed by atoms with Gasteiger partial charge in [-0.05, 0) is 23.1 Å². The van der Waals surface area contributed by atoms with Gasteiger partial charge < -0.3 is 5.73 Å². The van der Waals surface area contributed by atoms with Gasteiger partial charge in [0, 0.05) is 6.42 Å². The Morgan fingerprint density at radius 1 is 0.895 bits per heavy atom. The minimum atomic E-state index is -0.267. The first kappa shape index (κ1) is 13.1. The van der Waals surface area contributed by atoms with Gasteiger partial charge in [0.05, 0.1) is 0 Å². The molecule has 0 spiro atoms. The molecule has 0 radical (unpaired) electrons. The average Bonchev–Trinajstić information content (AvgIpc) is 2.45. The van der Waals surface area contributed by atoms with E-state index in [1.54, 1.807) is 0 Å². The molecule has 2 heteroatoms. The van der Waals surface area contributed by atoms with Gasteiger partial charge in [0.15, 0.2) is 0 Å². The highest BCUT2D eigenvalue weighted by molar-refractivity contribution is 5.80. The number of carbonyl (C=O) groups is 1. The van der Waals surface area contributed by atoms with E-state index in [0.717, 1.165) is 16.7 Å². The molecule has 0 aliphatic rings. The maximum absolute atomic E-state index is 10.8. The molecule has 19 heavy (non-hydrogen) atoms. The summed E-state index contributed by atoms with van der Waals surface area (Å²) in [5.41, 5.74) is 8.63. The topological polar surface area (TPSA) is 43.1 Å². The van der Waals surface area contributed by atoms with Crippen molar-refractivity contribution in [2.75, 3.05) is 0 Å². The Labute approximate surface area is 113 Å². The maximum Gasteiger partial charge on any atom is 0.217 e. The Kier molecular flexibility index (Phi) is 4.51. The number of allylic oxidation sites excluding steroid dienone is 1. The van der Waals surface area contributed by atoms with Crippen LogP contribution in [0.25, 0.3) is 5.57 Å². The van der Waals surface area contributed by atoms with E-state index in [1.807, 2.05) is 36.4 Å². The van der Waals surface area contributed by atoms with Gasteiger partial charge in [0.1, 0.15) is 0 Å². The molecule has 0 aliphatic heterocycles. The van der Waals surface area contributed by atoms with Gasteiger partial charge in [-0.3, -0.25) is 4.79 Å². The summed E-state index contributed by atoms with van der Waals surface area (Å²) >= 11 is 0. The molecule has 2 aromatic rings. The zero-order valence-electron chi connectivity index (χ0n) is 10.8. The summed E-state index contributed by atoms with van der Waals surface area (Å²) in [6.07, 6.45) is 3.12. The van der Waals surface area contributed by atoms with Crippen LogP contribution in [0.1, 0.15) is 24.0 Å². The van der Waals surface area contributed by atoms with E-state index in [9.17, 15) is 4.79 Å². The largest absolute Gasteiger partial charge is 0.370 e. The molecule has 2 rings (SSSR count). The number of hydrogen-bond donors (Lipinski definition) is 1. The van der Waals surface area contributed by atoms with E-state index in [1.165, 1.54) is 0 Å². The van der Waals surface area contributed by atoms with Crippen molar-refractivity contribution in [3.8, 4) is 0 Å². The van der Waals surface area contributed by atoms with Gasteiger partial charge in [-0.1, -0.05) is 66.7 Å². The van der Waals surface area contributed by atoms with Crippen LogP contribution in [0.15, 0.2) is 66.7 Å². The van der Waals surface area contributed by atoms with Crippen LogP contribution in [-0.4, -0.2) is 5.91 Å². The van der Waals surface area contributed by atoms with Gasteiger partial charge in [-0.2, -0.15) is 0 Å². The molecule has 0 unspecified atom stereocenters. The van der Waals surface area contributed by atoms with Gasteiger partial charge in [-0.15, -0.1) is 0 Å². The fourth-order valence-corrected chi connectivity index (χ4v) is 2.00. The lowest BCUT2D eigenvalue weighted by Gasteiger charge is -2.08. The zero-order valence-corrected chi connectivity index (χ0v) is 10.8. The molecule has 2 N–H and O–H groups in total. The Balaban J connectivity index is 2.31. The number of amides is 1. The van der Waals surface area contributed by atoms with Crippen LogP contribution in [0.5, 0.6) is 0 Å². The molecule has 0 fully saturated rings. The molecule has 96 valence electrons. The van der Waals surface area contributed by atoms with Crippen LogP contribution >= 0.6 is 0 Å². The van der Waals surface area contributed by atoms with Crippen molar-refractivity contribution in [1.29, 1.82) is 0 Å². The summed E-state index contributed by atoms with van der Waals surface area (Å²) in [5.74, 6) is -0.267. The highest BCUT2D eigenvalue weighted by Crippen LogP contribution is 2.23. The summed E-state index contributed by atoms with van der Waals surface area (Å²) < 4.78 is 0. The molecule has 0 atom stereocenters. The molecule has 0 aliphatic carbocycles. The number of hydrogen-bond acceptors (Lipinski definition) is 1. The number of rotatable bonds is 5. The van der Waals surface area contributed by atoms with Gasteiger partial charge in [-0.25, -0.2) is 0 Å². The molecular weight excluding hydrogens is 234 g/mol. The third kappa shape index (κ3) is 3.81. The summed E-state index contributed by atoms with van der Waals surface area (Å²) in [5, 5.41) is 0. The average molecular weight is 251 g/mol. The smallest absolute Gasteiger partial charge is 0.217 e. The van der Waals surface area contributed by atoms with Gasteiger partial charge >= 0.3 is 0 Å². The lowest BCUT2D eigenvalue weighted by Crippen LogP contribution is -2.09. The molecule has 0 saturated heterocycles. The molecule has 0 bridgehead atoms. The van der Waals surface area contributed by atoms with Crippen molar-refractivity contribution in [2.24, 2.45) is 5.73 Å². The number of benzene rings is 2. The molecule has 0 saturated carbocycles. The zero-order chi connectivity index (χ0) is 13.5. The van der Waals surface area contributed by atoms with Crippen molar-refractivity contribution < 1.29 is 4.79 Å². The second kappa shape index (κ2) is 6.55. The number of carbonyl (C=O) groups excluding carboxylic acids is 1. The van der Waals surface area contributed by atoms with Crippen molar-refractivity contribution in [3.63, 3.8) is 0 Å². The predicted molar refractivity (Wildman–Crippen MR) is 78.4 cm³/mol. The third-order valence-electron chi connectivity index (χ3n) is 2.91. The van der Waals surface area contributed by atoms with Gasteiger partial charge in [0.25, 0.3) is 0 Å². The Hall–Kier alpha value is -2.35. The van der Waals surface area contributed by atoms with E-state index in [-0.39, 0.29) is 5.91 Å². The van der Waals surface area contributed by atoms with Crippen LogP contribution in [0, 0.1) is 0 Å². The first-order valence-corrected chi connectivity index (χ1v) is 6.36. The number of primary amides is 1. The highest BCUT2D eigenvalue weighted by atomic mass is 16.1. The minimum absolute atomic E-state index is 0.267. The van der Waals surface area contributed by atoms with E-state index in [2.05, 4.69) is 30.3 Å². The van der Waals surface area contributed by atoms with Crippen molar-refractivity contribution >= 4 is 11.5 Å². The van der Waals surface area contributed by atoms with E-state index >= 15 is 0 Å². The van der Waals surface area contributed by atoms with E-state index in [4.69, 9.17) is 5.73 Å². The van der Waals surface area contributed by atoms with Crippen LogP contribution < -0.4 is 5.73 Å². The summed E-state index contributed by atoms with van der Waals surface area (Å²) in [6, 6.07) is 20.3. The standard InChI is InChI=1S/C17H17NO/c18-17(19)13-7-12-16(14-8-3-1-4-9-14)15-10-5-2-6-11-15/h1-6,8-12H,7,13H2,(H2,18,19). The van der Waals surface area contributed by atoms with Crippen molar-refractivity contribution in [1.82, 2.24) is 0 Å². The highest BCUT2D eigenvalue weighted by Gasteiger charge is 2.04. The van der Waals surface area contributed by atoms with Crippen molar-refractivity contribution in [2.45, 2.75) is 12.8 Å². The van der Waals surface area contributed by atoms with E-state index < -0.39 is 0 Å². The Bertz CT molecular complexity index is 517. The number of nitrogens with two attached hydrogens (primary N) is 1. The fraction of sp³-hybridized carbons (Fsp3) is 0.118. The maximum atomic E-state index is 10.8. The lowest BCUT2D eigenvalue weighted by molar-refractivity contribution is -0.117. The van der Waals surface area contributed by atoms with Crippen molar-refractivity contribution in [3.05, 3.63) is 77.9 Å². The van der Waals surface area contributed by atoms with Crippen LogP contribution in [0.4, 0.5) is 0 Å². The van der Waals surface area contributed by atoms with E-state index in [0.29, 0.717) is 12.8 Å². The second-order valence-electron chi connectivity index (χ2n) is 4.35. The summed E-state index contributed by atoms with van der Waals surface area (Å²) in [4.78, 5) is 10.8. The molecular formula is C17H17NO. The Morgan fingerprint density at radius 3 is 1.79 bits per heavy atom. The molecule has 2 nitrogen and oxygen atoms in total. The summed E-state index contributed by atoms with van der Waals surface area (Å²) in [7, 11) is 0. The fourth-order valence-electron chi connectivity index (χ4n) is 2.00. The Morgan fingerprint density at radius 2 is 1.37 bits per heavy atom. The quantitative estimate of drug-likeness (QED) is 0.869. The summed E-state index contributed by atoms with van der Waals surface area (Å²) in [6.45, 7) is 0. The predicted octanol–water partition coefficient (Wildman–Crippen LogP) is 3.38. The molecule has 0 heterocycles.